The van der Waals surface area contributed by atoms with E-state index in [4.69, 9.17) is 20.8 Å². The molecule has 2 fully saturated rings. The first kappa shape index (κ1) is 19.9. The molecule has 2 aromatic heterocycles. The second kappa shape index (κ2) is 8.63. The lowest BCUT2D eigenvalue weighted by molar-refractivity contribution is -0.147. The molecule has 160 valence electrons. The minimum atomic E-state index is -0.408. The molecule has 8 nitrogen and oxygen atoms in total. The second-order valence-electron chi connectivity index (χ2n) is 7.94. The van der Waals surface area contributed by atoms with Gasteiger partial charge in [0, 0.05) is 29.0 Å². The van der Waals surface area contributed by atoms with E-state index in [0.29, 0.717) is 22.8 Å². The van der Waals surface area contributed by atoms with Gasteiger partial charge >= 0.3 is 5.97 Å². The fourth-order valence-electron chi connectivity index (χ4n) is 4.63. The molecule has 1 saturated heterocycles. The number of benzene rings is 1. The molecule has 3 atom stereocenters. The minimum absolute atomic E-state index is 0.0747. The summed E-state index contributed by atoms with van der Waals surface area (Å²) in [6.07, 6.45) is 8.67. The molecule has 0 spiro atoms. The average molecular weight is 440 g/mol. The normalized spacial score (nSPS) is 22.9. The Morgan fingerprint density at radius 1 is 1.13 bits per heavy atom. The van der Waals surface area contributed by atoms with E-state index in [1.807, 2.05) is 0 Å². The molecule has 9 heteroatoms. The van der Waals surface area contributed by atoms with Crippen LogP contribution < -0.4 is 4.90 Å². The maximum Gasteiger partial charge on any atom is 0.329 e. The van der Waals surface area contributed by atoms with Crippen LogP contribution in [0.3, 0.4) is 0 Å². The third-order valence-electron chi connectivity index (χ3n) is 6.04. The summed E-state index contributed by atoms with van der Waals surface area (Å²) < 4.78 is 11.2. The molecule has 31 heavy (non-hydrogen) atoms. The third kappa shape index (κ3) is 4.12. The molecule has 2 aliphatic rings. The van der Waals surface area contributed by atoms with Crippen LogP contribution in [0.5, 0.6) is 0 Å². The zero-order valence-electron chi connectivity index (χ0n) is 16.9. The van der Waals surface area contributed by atoms with Crippen molar-refractivity contribution in [1.82, 2.24) is 20.2 Å². The van der Waals surface area contributed by atoms with Gasteiger partial charge in [-0.25, -0.2) is 14.8 Å². The number of hydrogen-bond donors (Lipinski definition) is 0. The third-order valence-corrected chi connectivity index (χ3v) is 6.29. The molecule has 0 amide bonds. The number of hydrogen-bond acceptors (Lipinski definition) is 8. The van der Waals surface area contributed by atoms with Crippen molar-refractivity contribution >= 4 is 23.5 Å². The molecule has 0 radical (unpaired) electrons. The van der Waals surface area contributed by atoms with E-state index in [-0.39, 0.29) is 24.5 Å². The highest BCUT2D eigenvalue weighted by atomic mass is 35.5. The van der Waals surface area contributed by atoms with Gasteiger partial charge in [0.1, 0.15) is 6.04 Å². The van der Waals surface area contributed by atoms with Crippen LogP contribution in [-0.2, 0) is 16.1 Å². The molecule has 5 rings (SSSR count). The van der Waals surface area contributed by atoms with Crippen molar-refractivity contribution in [2.75, 3.05) is 4.90 Å². The minimum Gasteiger partial charge on any atom is -0.454 e. The smallest absolute Gasteiger partial charge is 0.329 e. The van der Waals surface area contributed by atoms with E-state index < -0.39 is 6.04 Å². The highest BCUT2D eigenvalue weighted by Crippen LogP contribution is 2.41. The Balaban J connectivity index is 1.29. The summed E-state index contributed by atoms with van der Waals surface area (Å²) in [6, 6.07) is 8.73. The number of carbonyl (C=O) groups is 1. The Bertz CT molecular complexity index is 1040. The maximum atomic E-state index is 13.0. The van der Waals surface area contributed by atoms with Crippen molar-refractivity contribution < 1.29 is 13.9 Å². The molecular formula is C22H22ClN5O3. The van der Waals surface area contributed by atoms with E-state index in [1.54, 1.807) is 42.7 Å². The number of fused-ring (bicyclic) bond motifs is 1. The van der Waals surface area contributed by atoms with Crippen LogP contribution in [0, 0.1) is 5.92 Å². The predicted molar refractivity (Wildman–Crippen MR) is 113 cm³/mol. The second-order valence-corrected chi connectivity index (χ2v) is 8.37. The number of ether oxygens (including phenoxy) is 1. The van der Waals surface area contributed by atoms with E-state index >= 15 is 0 Å². The summed E-state index contributed by atoms with van der Waals surface area (Å²) in [5.41, 5.74) is 0.752. The molecule has 0 bridgehead atoms. The number of carbonyl (C=O) groups excluding carboxylic acids is 1. The Kier molecular flexibility index (Phi) is 5.55. The number of nitrogens with zero attached hydrogens (tertiary/aromatic N) is 5. The van der Waals surface area contributed by atoms with E-state index in [0.717, 1.165) is 31.2 Å². The molecule has 1 aromatic carbocycles. The van der Waals surface area contributed by atoms with E-state index in [2.05, 4.69) is 25.1 Å². The van der Waals surface area contributed by atoms with Gasteiger partial charge < -0.3 is 14.1 Å². The molecule has 1 saturated carbocycles. The first-order chi connectivity index (χ1) is 15.2. The van der Waals surface area contributed by atoms with Gasteiger partial charge in [-0.05, 0) is 55.5 Å². The standard InChI is InChI=1S/C22H22ClN5O3/c23-16-8-6-14(7-9-16)20-27-26-19(31-20)13-30-21(29)18-12-15-4-1-2-5-17(15)28(18)22-24-10-3-11-25-22/h3,6-11,15,17-18H,1-2,4-5,12-13H2/t15-,17+,18+/m1/s1. The highest BCUT2D eigenvalue weighted by molar-refractivity contribution is 6.30. The predicted octanol–water partition coefficient (Wildman–Crippen LogP) is 4.06. The quantitative estimate of drug-likeness (QED) is 0.549. The largest absolute Gasteiger partial charge is 0.454 e. The lowest BCUT2D eigenvalue weighted by Crippen LogP contribution is -2.44. The van der Waals surface area contributed by atoms with Crippen LogP contribution in [0.4, 0.5) is 5.95 Å². The van der Waals surface area contributed by atoms with Gasteiger partial charge in [-0.15, -0.1) is 10.2 Å². The van der Waals surface area contributed by atoms with Crippen molar-refractivity contribution in [3.63, 3.8) is 0 Å². The lowest BCUT2D eigenvalue weighted by atomic mass is 9.85. The van der Waals surface area contributed by atoms with Gasteiger partial charge in [0.2, 0.25) is 11.8 Å². The van der Waals surface area contributed by atoms with Crippen molar-refractivity contribution in [2.45, 2.75) is 50.8 Å². The summed E-state index contributed by atoms with van der Waals surface area (Å²) in [5.74, 6) is 1.33. The number of esters is 1. The summed E-state index contributed by atoms with van der Waals surface area (Å²) >= 11 is 5.92. The monoisotopic (exact) mass is 439 g/mol. The van der Waals surface area contributed by atoms with Crippen molar-refractivity contribution in [3.05, 3.63) is 53.6 Å². The zero-order chi connectivity index (χ0) is 21.2. The van der Waals surface area contributed by atoms with Crippen molar-refractivity contribution in [2.24, 2.45) is 5.92 Å². The Morgan fingerprint density at radius 2 is 1.90 bits per heavy atom. The summed E-state index contributed by atoms with van der Waals surface area (Å²) in [4.78, 5) is 23.9. The number of rotatable bonds is 5. The first-order valence-electron chi connectivity index (χ1n) is 10.5. The van der Waals surface area contributed by atoms with E-state index in [9.17, 15) is 4.79 Å². The number of halogens is 1. The van der Waals surface area contributed by atoms with Crippen LogP contribution >= 0.6 is 11.6 Å². The number of aromatic nitrogens is 4. The Hall–Kier alpha value is -3.00. The molecule has 1 aliphatic carbocycles. The summed E-state index contributed by atoms with van der Waals surface area (Å²) in [6.45, 7) is -0.0747. The zero-order valence-corrected chi connectivity index (χ0v) is 17.6. The fourth-order valence-corrected chi connectivity index (χ4v) is 4.76. The SMILES string of the molecule is O=C(OCc1nnc(-c2ccc(Cl)cc2)o1)[C@@H]1C[C@H]2CCCC[C@@H]2N1c1ncccn1. The van der Waals surface area contributed by atoms with Crippen LogP contribution in [-0.4, -0.2) is 38.2 Å². The first-order valence-corrected chi connectivity index (χ1v) is 10.9. The van der Waals surface area contributed by atoms with Gasteiger partial charge in [0.25, 0.3) is 5.89 Å². The van der Waals surface area contributed by atoms with Gasteiger partial charge in [0.15, 0.2) is 6.61 Å². The van der Waals surface area contributed by atoms with Crippen LogP contribution in [0.25, 0.3) is 11.5 Å². The summed E-state index contributed by atoms with van der Waals surface area (Å²) in [5, 5.41) is 8.66. The fraction of sp³-hybridized carbons (Fsp3) is 0.409. The van der Waals surface area contributed by atoms with Gasteiger partial charge in [0.05, 0.1) is 0 Å². The van der Waals surface area contributed by atoms with Gasteiger partial charge in [-0.1, -0.05) is 24.4 Å². The van der Waals surface area contributed by atoms with Crippen molar-refractivity contribution in [3.8, 4) is 11.5 Å². The van der Waals surface area contributed by atoms with Crippen LogP contribution in [0.2, 0.25) is 5.02 Å². The highest BCUT2D eigenvalue weighted by Gasteiger charge is 2.47. The maximum absolute atomic E-state index is 13.0. The molecule has 0 N–H and O–H groups in total. The molecule has 3 aromatic rings. The molecule has 0 unspecified atom stereocenters. The van der Waals surface area contributed by atoms with Gasteiger partial charge in [-0.2, -0.15) is 0 Å². The molecule has 1 aliphatic heterocycles. The summed E-state index contributed by atoms with van der Waals surface area (Å²) in [7, 11) is 0. The van der Waals surface area contributed by atoms with E-state index in [1.165, 1.54) is 6.42 Å². The Morgan fingerprint density at radius 3 is 2.71 bits per heavy atom. The van der Waals surface area contributed by atoms with Crippen LogP contribution in [0.15, 0.2) is 47.1 Å². The molecule has 3 heterocycles. The van der Waals surface area contributed by atoms with Gasteiger partial charge in [-0.3, -0.25) is 0 Å². The molecular weight excluding hydrogens is 418 g/mol. The number of anilines is 1. The van der Waals surface area contributed by atoms with Crippen LogP contribution in [0.1, 0.15) is 38.0 Å². The average Bonchev–Trinajstić information content (AvgIpc) is 3.43. The topological polar surface area (TPSA) is 94.2 Å². The Labute approximate surface area is 184 Å². The van der Waals surface area contributed by atoms with Crippen molar-refractivity contribution in [1.29, 1.82) is 0 Å². The lowest BCUT2D eigenvalue weighted by Gasteiger charge is -2.33.